The van der Waals surface area contributed by atoms with Crippen molar-refractivity contribution in [3.8, 4) is 5.75 Å². The Kier molecular flexibility index (Phi) is 4.31. The second-order valence-corrected chi connectivity index (χ2v) is 5.33. The molecule has 0 saturated carbocycles. The number of benzene rings is 1. The van der Waals surface area contributed by atoms with Gasteiger partial charge < -0.3 is 10.1 Å². The standard InChI is InChI=1S/C13H17NO2S/c1-16-12-4-2-11(3-5-12)14-13(15)10-6-8-17-9-7-10/h2-5,10H,6-9H2,1H3,(H,14,15). The summed E-state index contributed by atoms with van der Waals surface area (Å²) in [5, 5.41) is 2.96. The third-order valence-electron chi connectivity index (χ3n) is 2.95. The Hall–Kier alpha value is -1.16. The molecule has 3 nitrogen and oxygen atoms in total. The number of hydrogen-bond donors (Lipinski definition) is 1. The van der Waals surface area contributed by atoms with Crippen LogP contribution in [0.25, 0.3) is 0 Å². The van der Waals surface area contributed by atoms with Crippen LogP contribution in [0.5, 0.6) is 5.75 Å². The van der Waals surface area contributed by atoms with Crippen LogP contribution in [0.15, 0.2) is 24.3 Å². The summed E-state index contributed by atoms with van der Waals surface area (Å²) in [7, 11) is 1.63. The SMILES string of the molecule is COc1ccc(NC(=O)C2CCSCC2)cc1. The molecule has 92 valence electrons. The van der Waals surface area contributed by atoms with Crippen molar-refractivity contribution in [2.24, 2.45) is 5.92 Å². The van der Waals surface area contributed by atoms with Gasteiger partial charge in [-0.15, -0.1) is 0 Å². The van der Waals surface area contributed by atoms with E-state index in [0.717, 1.165) is 35.8 Å². The zero-order valence-corrected chi connectivity index (χ0v) is 10.8. The van der Waals surface area contributed by atoms with Crippen molar-refractivity contribution >= 4 is 23.4 Å². The molecule has 0 aliphatic carbocycles. The summed E-state index contributed by atoms with van der Waals surface area (Å²) in [5.41, 5.74) is 0.842. The van der Waals surface area contributed by atoms with Gasteiger partial charge in [0.05, 0.1) is 7.11 Å². The van der Waals surface area contributed by atoms with Crippen LogP contribution in [0.4, 0.5) is 5.69 Å². The van der Waals surface area contributed by atoms with Gasteiger partial charge in [-0.3, -0.25) is 4.79 Å². The molecular formula is C13H17NO2S. The van der Waals surface area contributed by atoms with E-state index in [9.17, 15) is 4.79 Å². The highest BCUT2D eigenvalue weighted by Gasteiger charge is 2.21. The molecule has 1 aromatic rings. The highest BCUT2D eigenvalue weighted by molar-refractivity contribution is 7.99. The van der Waals surface area contributed by atoms with Gasteiger partial charge in [-0.05, 0) is 48.6 Å². The highest BCUT2D eigenvalue weighted by Crippen LogP contribution is 2.24. The largest absolute Gasteiger partial charge is 0.497 e. The van der Waals surface area contributed by atoms with Gasteiger partial charge in [0.15, 0.2) is 0 Å². The third kappa shape index (κ3) is 3.40. The maximum Gasteiger partial charge on any atom is 0.227 e. The van der Waals surface area contributed by atoms with Crippen molar-refractivity contribution in [1.82, 2.24) is 0 Å². The molecule has 17 heavy (non-hydrogen) atoms. The first-order valence-corrected chi connectivity index (χ1v) is 6.98. The number of carbonyl (C=O) groups excluding carboxylic acids is 1. The van der Waals surface area contributed by atoms with Crippen LogP contribution in [0.1, 0.15) is 12.8 Å². The molecule has 2 rings (SSSR count). The summed E-state index contributed by atoms with van der Waals surface area (Å²) < 4.78 is 5.08. The number of methoxy groups -OCH3 is 1. The smallest absolute Gasteiger partial charge is 0.227 e. The molecule has 0 radical (unpaired) electrons. The summed E-state index contributed by atoms with van der Waals surface area (Å²) >= 11 is 1.93. The molecular weight excluding hydrogens is 234 g/mol. The fourth-order valence-corrected chi connectivity index (χ4v) is 2.98. The lowest BCUT2D eigenvalue weighted by Gasteiger charge is -2.20. The van der Waals surface area contributed by atoms with E-state index in [1.807, 2.05) is 36.0 Å². The van der Waals surface area contributed by atoms with Crippen LogP contribution in [-0.2, 0) is 4.79 Å². The van der Waals surface area contributed by atoms with Crippen molar-refractivity contribution in [2.45, 2.75) is 12.8 Å². The van der Waals surface area contributed by atoms with Gasteiger partial charge in [-0.2, -0.15) is 11.8 Å². The second kappa shape index (κ2) is 5.96. The van der Waals surface area contributed by atoms with E-state index in [1.165, 1.54) is 0 Å². The minimum atomic E-state index is 0.149. The molecule has 1 heterocycles. The zero-order valence-electron chi connectivity index (χ0n) is 9.94. The Bertz CT molecular complexity index is 372. The Balaban J connectivity index is 1.92. The molecule has 0 aromatic heterocycles. The summed E-state index contributed by atoms with van der Waals surface area (Å²) in [5.74, 6) is 3.33. The predicted octanol–water partition coefficient (Wildman–Crippen LogP) is 2.78. The molecule has 1 aliphatic heterocycles. The fourth-order valence-electron chi connectivity index (χ4n) is 1.88. The van der Waals surface area contributed by atoms with E-state index in [0.29, 0.717) is 0 Å². The Morgan fingerprint density at radius 2 is 1.94 bits per heavy atom. The summed E-state index contributed by atoms with van der Waals surface area (Å²) in [6, 6.07) is 7.45. The van der Waals surface area contributed by atoms with Crippen molar-refractivity contribution in [3.63, 3.8) is 0 Å². The molecule has 1 N–H and O–H groups in total. The van der Waals surface area contributed by atoms with Crippen molar-refractivity contribution in [3.05, 3.63) is 24.3 Å². The molecule has 1 aromatic carbocycles. The summed E-state index contributed by atoms with van der Waals surface area (Å²) in [6.45, 7) is 0. The predicted molar refractivity (Wildman–Crippen MR) is 71.7 cm³/mol. The average Bonchev–Trinajstić information content (AvgIpc) is 2.40. The van der Waals surface area contributed by atoms with Crippen LogP contribution in [-0.4, -0.2) is 24.5 Å². The number of carbonyl (C=O) groups is 1. The third-order valence-corrected chi connectivity index (χ3v) is 4.00. The molecule has 0 unspecified atom stereocenters. The molecule has 1 saturated heterocycles. The van der Waals surface area contributed by atoms with Crippen LogP contribution in [0.3, 0.4) is 0 Å². The summed E-state index contributed by atoms with van der Waals surface area (Å²) in [6.07, 6.45) is 1.99. The first-order chi connectivity index (χ1) is 8.29. The molecule has 4 heteroatoms. The number of rotatable bonds is 3. The van der Waals surface area contributed by atoms with Gasteiger partial charge in [0.2, 0.25) is 5.91 Å². The molecule has 1 aliphatic rings. The number of amides is 1. The number of nitrogens with one attached hydrogen (secondary N) is 1. The monoisotopic (exact) mass is 251 g/mol. The van der Waals surface area contributed by atoms with Crippen LogP contribution in [0, 0.1) is 5.92 Å². The minimum Gasteiger partial charge on any atom is -0.497 e. The van der Waals surface area contributed by atoms with Crippen LogP contribution >= 0.6 is 11.8 Å². The second-order valence-electron chi connectivity index (χ2n) is 4.10. The first-order valence-electron chi connectivity index (χ1n) is 5.82. The Labute approximate surface area is 106 Å². The van der Waals surface area contributed by atoms with Crippen LogP contribution in [0.2, 0.25) is 0 Å². The maximum absolute atomic E-state index is 12.0. The topological polar surface area (TPSA) is 38.3 Å². The van der Waals surface area contributed by atoms with E-state index in [1.54, 1.807) is 7.11 Å². The molecule has 1 amide bonds. The number of anilines is 1. The lowest BCUT2D eigenvalue weighted by molar-refractivity contribution is -0.120. The van der Waals surface area contributed by atoms with Gasteiger partial charge in [-0.25, -0.2) is 0 Å². The molecule has 1 fully saturated rings. The van der Waals surface area contributed by atoms with Crippen LogP contribution < -0.4 is 10.1 Å². The Morgan fingerprint density at radius 1 is 1.29 bits per heavy atom. The van der Waals surface area contributed by atoms with E-state index in [4.69, 9.17) is 4.74 Å². The highest BCUT2D eigenvalue weighted by atomic mass is 32.2. The maximum atomic E-state index is 12.0. The lowest BCUT2D eigenvalue weighted by Crippen LogP contribution is -2.26. The van der Waals surface area contributed by atoms with Gasteiger partial charge in [0.1, 0.15) is 5.75 Å². The van der Waals surface area contributed by atoms with E-state index >= 15 is 0 Å². The normalized spacial score (nSPS) is 16.5. The first kappa shape index (κ1) is 12.3. The van der Waals surface area contributed by atoms with Crippen molar-refractivity contribution in [1.29, 1.82) is 0 Å². The van der Waals surface area contributed by atoms with Gasteiger partial charge >= 0.3 is 0 Å². The lowest BCUT2D eigenvalue weighted by atomic mass is 10.0. The van der Waals surface area contributed by atoms with E-state index < -0.39 is 0 Å². The van der Waals surface area contributed by atoms with Gasteiger partial charge in [0, 0.05) is 11.6 Å². The number of ether oxygens (including phenoxy) is 1. The molecule has 0 atom stereocenters. The quantitative estimate of drug-likeness (QED) is 0.897. The average molecular weight is 251 g/mol. The Morgan fingerprint density at radius 3 is 2.53 bits per heavy atom. The van der Waals surface area contributed by atoms with Crippen molar-refractivity contribution < 1.29 is 9.53 Å². The zero-order chi connectivity index (χ0) is 12.1. The number of thioether (sulfide) groups is 1. The summed E-state index contributed by atoms with van der Waals surface area (Å²) in [4.78, 5) is 12.0. The molecule has 0 bridgehead atoms. The number of hydrogen-bond acceptors (Lipinski definition) is 3. The minimum absolute atomic E-state index is 0.149. The van der Waals surface area contributed by atoms with E-state index in [-0.39, 0.29) is 11.8 Å². The van der Waals surface area contributed by atoms with E-state index in [2.05, 4.69) is 5.32 Å². The van der Waals surface area contributed by atoms with Crippen molar-refractivity contribution in [2.75, 3.05) is 23.9 Å². The van der Waals surface area contributed by atoms with Gasteiger partial charge in [-0.1, -0.05) is 0 Å². The fraction of sp³-hybridized carbons (Fsp3) is 0.462. The van der Waals surface area contributed by atoms with Gasteiger partial charge in [0.25, 0.3) is 0 Å². The molecule has 0 spiro atoms.